The average Bonchev–Trinajstić information content (AvgIpc) is 3.13. The third-order valence-corrected chi connectivity index (χ3v) is 8.89. The highest BCUT2D eigenvalue weighted by atomic mass is 32.2. The number of phosphoric acid groups is 1. The number of halogens is 2. The van der Waals surface area contributed by atoms with Crippen molar-refractivity contribution in [2.24, 2.45) is 0 Å². The van der Waals surface area contributed by atoms with Crippen molar-refractivity contribution in [2.75, 3.05) is 0 Å². The van der Waals surface area contributed by atoms with E-state index in [1.54, 1.807) is 72.8 Å². The Morgan fingerprint density at radius 1 is 0.595 bits per heavy atom. The van der Waals surface area contributed by atoms with Crippen molar-refractivity contribution in [3.8, 4) is 0 Å². The van der Waals surface area contributed by atoms with Crippen LogP contribution in [0.3, 0.4) is 0 Å². The van der Waals surface area contributed by atoms with Crippen LogP contribution in [-0.2, 0) is 13.6 Å². The molecule has 0 N–H and O–H groups in total. The number of fused-ring (bicyclic) bond motifs is 4. The summed E-state index contributed by atoms with van der Waals surface area (Å²) in [6, 6.07) is 23.4. The third kappa shape index (κ3) is 4.74. The fourth-order valence-corrected chi connectivity index (χ4v) is 7.05. The molecule has 2 aliphatic rings. The second-order valence-electron chi connectivity index (χ2n) is 8.15. The van der Waals surface area contributed by atoms with Crippen LogP contribution in [-0.4, -0.2) is 0 Å². The quantitative estimate of drug-likeness (QED) is 0.240. The molecule has 0 atom stereocenters. The first kappa shape index (κ1) is 24.1. The lowest BCUT2D eigenvalue weighted by Gasteiger charge is -2.27. The maximum atomic E-state index is 14.7. The number of benzene rings is 4. The molecule has 0 aromatic heterocycles. The molecule has 0 spiro atoms. The molecule has 0 amide bonds. The van der Waals surface area contributed by atoms with Crippen molar-refractivity contribution in [3.63, 3.8) is 0 Å². The SMILES string of the molecule is O=P([O-])(OC1=Cc2c(F)cccc2Sc2ccccc21)OC1=Cc2c(F)cccc2Sc2ccccc21. The first-order chi connectivity index (χ1) is 17.9. The number of rotatable bonds is 4. The zero-order valence-electron chi connectivity index (χ0n) is 18.9. The summed E-state index contributed by atoms with van der Waals surface area (Å²) < 4.78 is 53.7. The molecule has 184 valence electrons. The van der Waals surface area contributed by atoms with Gasteiger partial charge in [0, 0.05) is 41.8 Å². The van der Waals surface area contributed by atoms with E-state index in [1.807, 2.05) is 0 Å². The second-order valence-corrected chi connectivity index (χ2v) is 11.6. The summed E-state index contributed by atoms with van der Waals surface area (Å²) in [5.74, 6) is -1.17. The van der Waals surface area contributed by atoms with Crippen LogP contribution in [0.15, 0.2) is 105 Å². The zero-order valence-corrected chi connectivity index (χ0v) is 21.4. The molecular formula is C28H16F2O4PS2-. The van der Waals surface area contributed by atoms with Crippen molar-refractivity contribution in [3.05, 3.63) is 119 Å². The minimum absolute atomic E-state index is 0.0752. The summed E-state index contributed by atoms with van der Waals surface area (Å²) in [6.07, 6.45) is 2.72. The van der Waals surface area contributed by atoms with Gasteiger partial charge in [0.15, 0.2) is 0 Å². The number of phosphoric ester groups is 1. The first-order valence-corrected chi connectivity index (χ1v) is 14.2. The van der Waals surface area contributed by atoms with E-state index in [2.05, 4.69) is 0 Å². The maximum absolute atomic E-state index is 14.7. The van der Waals surface area contributed by atoms with Crippen LogP contribution >= 0.6 is 31.3 Å². The smallest absolute Gasteiger partial charge is 0.372 e. The standard InChI is InChI=1S/C28H17F2O4PS2/c29-21-9-5-13-27-19(21)15-23(17-7-1-3-11-25(17)36-27)33-35(31,32)34-24-16-20-22(30)10-6-14-28(20)37-26-12-4-2-8-18(24)26/h1-16H,(H,31,32)/p-1. The van der Waals surface area contributed by atoms with Gasteiger partial charge in [-0.3, -0.25) is 0 Å². The Labute approximate surface area is 220 Å². The first-order valence-electron chi connectivity index (χ1n) is 11.1. The van der Waals surface area contributed by atoms with Crippen LogP contribution in [0.2, 0.25) is 0 Å². The molecule has 0 saturated heterocycles. The molecule has 9 heteroatoms. The van der Waals surface area contributed by atoms with Gasteiger partial charge >= 0.3 is 7.82 Å². The molecule has 37 heavy (non-hydrogen) atoms. The summed E-state index contributed by atoms with van der Waals surface area (Å²) in [5.41, 5.74) is 1.38. The number of hydrogen-bond acceptors (Lipinski definition) is 6. The highest BCUT2D eigenvalue weighted by molar-refractivity contribution is 7.99. The highest BCUT2D eigenvalue weighted by Gasteiger charge is 2.26. The molecule has 0 unspecified atom stereocenters. The van der Waals surface area contributed by atoms with Crippen LogP contribution in [0, 0.1) is 11.6 Å². The Balaban J connectivity index is 1.42. The monoisotopic (exact) mass is 549 g/mol. The zero-order chi connectivity index (χ0) is 25.6. The summed E-state index contributed by atoms with van der Waals surface area (Å²) in [7, 11) is -5.08. The largest absolute Gasteiger partial charge is 0.736 e. The Hall–Kier alpha value is -3.29. The van der Waals surface area contributed by atoms with Crippen molar-refractivity contribution in [2.45, 2.75) is 19.6 Å². The predicted octanol–water partition coefficient (Wildman–Crippen LogP) is 8.09. The van der Waals surface area contributed by atoms with Gasteiger partial charge in [-0.2, -0.15) is 0 Å². The van der Waals surface area contributed by atoms with Crippen LogP contribution in [0.1, 0.15) is 22.3 Å². The molecule has 0 radical (unpaired) electrons. The van der Waals surface area contributed by atoms with Gasteiger partial charge < -0.3 is 13.9 Å². The van der Waals surface area contributed by atoms with Crippen molar-refractivity contribution >= 4 is 55.0 Å². The van der Waals surface area contributed by atoms with Gasteiger partial charge in [0.2, 0.25) is 0 Å². The van der Waals surface area contributed by atoms with E-state index in [0.29, 0.717) is 30.7 Å². The molecule has 6 rings (SSSR count). The molecule has 0 aliphatic carbocycles. The van der Waals surface area contributed by atoms with Gasteiger partial charge in [-0.15, -0.1) is 0 Å². The summed E-state index contributed by atoms with van der Waals surface area (Å²) in [6.45, 7) is 0. The molecule has 0 saturated carbocycles. The topological polar surface area (TPSA) is 58.6 Å². The summed E-state index contributed by atoms with van der Waals surface area (Å²) >= 11 is 2.62. The summed E-state index contributed by atoms with van der Waals surface area (Å²) in [5, 5.41) is 0. The average molecular weight is 550 g/mol. The van der Waals surface area contributed by atoms with Crippen molar-refractivity contribution in [1.82, 2.24) is 0 Å². The third-order valence-electron chi connectivity index (χ3n) is 5.74. The Bertz CT molecular complexity index is 1550. The fourth-order valence-electron chi connectivity index (χ4n) is 4.08. The van der Waals surface area contributed by atoms with Gasteiger partial charge in [0.1, 0.15) is 23.2 Å². The van der Waals surface area contributed by atoms with Gasteiger partial charge in [-0.25, -0.2) is 13.3 Å². The Kier molecular flexibility index (Phi) is 6.21. The molecule has 2 aliphatic heterocycles. The van der Waals surface area contributed by atoms with E-state index in [4.69, 9.17) is 9.05 Å². The van der Waals surface area contributed by atoms with E-state index < -0.39 is 19.5 Å². The molecule has 0 bridgehead atoms. The van der Waals surface area contributed by atoms with Gasteiger partial charge in [-0.1, -0.05) is 72.1 Å². The molecule has 4 aromatic rings. The maximum Gasteiger partial charge on any atom is 0.372 e. The molecule has 0 fully saturated rings. The normalized spacial score (nSPS) is 14.0. The van der Waals surface area contributed by atoms with Gasteiger partial charge in [0.05, 0.1) is 0 Å². The highest BCUT2D eigenvalue weighted by Crippen LogP contribution is 2.53. The van der Waals surface area contributed by atoms with Gasteiger partial charge in [0.25, 0.3) is 0 Å². The number of hydrogen-bond donors (Lipinski definition) is 0. The Morgan fingerprint density at radius 3 is 1.46 bits per heavy atom. The lowest BCUT2D eigenvalue weighted by molar-refractivity contribution is -0.213. The predicted molar refractivity (Wildman–Crippen MR) is 139 cm³/mol. The van der Waals surface area contributed by atoms with E-state index in [-0.39, 0.29) is 22.6 Å². The lowest BCUT2D eigenvalue weighted by atomic mass is 10.1. The minimum Gasteiger partial charge on any atom is -0.736 e. The molecule has 2 heterocycles. The lowest BCUT2D eigenvalue weighted by Crippen LogP contribution is -2.08. The van der Waals surface area contributed by atoms with Crippen LogP contribution < -0.4 is 4.89 Å². The van der Waals surface area contributed by atoms with E-state index in [9.17, 15) is 18.2 Å². The molecular weight excluding hydrogens is 533 g/mol. The minimum atomic E-state index is -5.08. The fraction of sp³-hybridized carbons (Fsp3) is 0. The van der Waals surface area contributed by atoms with Crippen LogP contribution in [0.4, 0.5) is 8.78 Å². The Morgan fingerprint density at radius 2 is 1.00 bits per heavy atom. The summed E-state index contributed by atoms with van der Waals surface area (Å²) in [4.78, 5) is 15.9. The molecule has 4 aromatic carbocycles. The van der Waals surface area contributed by atoms with Crippen LogP contribution in [0.25, 0.3) is 23.7 Å². The van der Waals surface area contributed by atoms with E-state index in [1.165, 1.54) is 47.8 Å². The molecule has 4 nitrogen and oxygen atoms in total. The van der Waals surface area contributed by atoms with Crippen molar-refractivity contribution in [1.29, 1.82) is 0 Å². The second kappa shape index (κ2) is 9.54. The van der Waals surface area contributed by atoms with Crippen molar-refractivity contribution < 1.29 is 27.3 Å². The van der Waals surface area contributed by atoms with Gasteiger partial charge in [-0.05, 0) is 48.6 Å². The van der Waals surface area contributed by atoms with E-state index >= 15 is 0 Å². The van der Waals surface area contributed by atoms with E-state index in [0.717, 1.165) is 0 Å². The van der Waals surface area contributed by atoms with Crippen LogP contribution in [0.5, 0.6) is 0 Å².